The van der Waals surface area contributed by atoms with Crippen molar-refractivity contribution in [2.75, 3.05) is 44.7 Å². The van der Waals surface area contributed by atoms with Crippen LogP contribution in [0.15, 0.2) is 18.5 Å². The fourth-order valence-electron chi connectivity index (χ4n) is 3.91. The average Bonchev–Trinajstić information content (AvgIpc) is 3.20. The van der Waals surface area contributed by atoms with Crippen LogP contribution in [0.2, 0.25) is 0 Å². The third-order valence-corrected chi connectivity index (χ3v) is 5.35. The predicted octanol–water partition coefficient (Wildman–Crippen LogP) is 0.711. The first-order valence-corrected chi connectivity index (χ1v) is 8.66. The molecule has 0 aromatic carbocycles. The van der Waals surface area contributed by atoms with Crippen molar-refractivity contribution < 1.29 is 4.79 Å². The number of hydrogen-bond donors (Lipinski definition) is 0. The second-order valence-electron chi connectivity index (χ2n) is 6.79. The third-order valence-electron chi connectivity index (χ3n) is 5.35. The Kier molecular flexibility index (Phi) is 3.88. The van der Waals surface area contributed by atoms with Gasteiger partial charge in [-0.3, -0.25) is 14.4 Å². The van der Waals surface area contributed by atoms with Gasteiger partial charge in [-0.15, -0.1) is 0 Å². The SMILES string of the molecule is CN1CCCC1C(=O)N1CCN(c2ccnc3c2cnn3C)CC1. The molecule has 0 N–H and O–H groups in total. The molecule has 128 valence electrons. The highest BCUT2D eigenvalue weighted by Gasteiger charge is 2.33. The van der Waals surface area contributed by atoms with Crippen molar-refractivity contribution in [2.45, 2.75) is 18.9 Å². The number of aromatic nitrogens is 3. The molecule has 2 aromatic heterocycles. The van der Waals surface area contributed by atoms with Crippen LogP contribution in [0.3, 0.4) is 0 Å². The minimum atomic E-state index is 0.0857. The van der Waals surface area contributed by atoms with Crippen LogP contribution in [0.25, 0.3) is 11.0 Å². The number of aryl methyl sites for hydroxylation is 1. The van der Waals surface area contributed by atoms with Crippen LogP contribution in [0.5, 0.6) is 0 Å². The highest BCUT2D eigenvalue weighted by atomic mass is 16.2. The van der Waals surface area contributed by atoms with E-state index >= 15 is 0 Å². The molecule has 0 bridgehead atoms. The summed E-state index contributed by atoms with van der Waals surface area (Å²) in [7, 11) is 3.97. The summed E-state index contributed by atoms with van der Waals surface area (Å²) >= 11 is 0. The number of likely N-dealkylation sites (N-methyl/N-ethyl adjacent to an activating group) is 1. The van der Waals surface area contributed by atoms with Crippen molar-refractivity contribution in [3.05, 3.63) is 18.5 Å². The fraction of sp³-hybridized carbons (Fsp3) is 0.588. The lowest BCUT2D eigenvalue weighted by Gasteiger charge is -2.38. The van der Waals surface area contributed by atoms with Gasteiger partial charge < -0.3 is 9.80 Å². The zero-order valence-corrected chi connectivity index (χ0v) is 14.4. The number of fused-ring (bicyclic) bond motifs is 1. The maximum Gasteiger partial charge on any atom is 0.240 e. The van der Waals surface area contributed by atoms with Crippen LogP contribution >= 0.6 is 0 Å². The van der Waals surface area contributed by atoms with Crippen molar-refractivity contribution in [1.29, 1.82) is 0 Å². The van der Waals surface area contributed by atoms with Crippen LogP contribution < -0.4 is 4.90 Å². The molecule has 4 heterocycles. The van der Waals surface area contributed by atoms with Crippen LogP contribution in [0.4, 0.5) is 5.69 Å². The Morgan fingerprint density at radius 1 is 1.17 bits per heavy atom. The Morgan fingerprint density at radius 3 is 2.67 bits per heavy atom. The zero-order valence-electron chi connectivity index (χ0n) is 14.4. The summed E-state index contributed by atoms with van der Waals surface area (Å²) in [5.74, 6) is 0.302. The number of pyridine rings is 1. The second kappa shape index (κ2) is 6.05. The highest BCUT2D eigenvalue weighted by molar-refractivity contribution is 5.89. The maximum absolute atomic E-state index is 12.7. The lowest BCUT2D eigenvalue weighted by molar-refractivity contribution is -0.135. The van der Waals surface area contributed by atoms with Gasteiger partial charge in [0.1, 0.15) is 0 Å². The smallest absolute Gasteiger partial charge is 0.240 e. The molecule has 7 nitrogen and oxygen atoms in total. The molecule has 2 aliphatic heterocycles. The van der Waals surface area contributed by atoms with Crippen molar-refractivity contribution in [2.24, 2.45) is 7.05 Å². The van der Waals surface area contributed by atoms with E-state index < -0.39 is 0 Å². The Balaban J connectivity index is 1.47. The van der Waals surface area contributed by atoms with Crippen LogP contribution in [0.1, 0.15) is 12.8 Å². The standard InChI is InChI=1S/C17H24N6O/c1-20-7-3-4-15(20)17(24)23-10-8-22(9-11-23)14-5-6-18-16-13(14)12-19-21(16)2/h5-6,12,15H,3-4,7-11H2,1-2H3. The van der Waals surface area contributed by atoms with Crippen molar-refractivity contribution in [1.82, 2.24) is 24.6 Å². The van der Waals surface area contributed by atoms with E-state index in [-0.39, 0.29) is 6.04 Å². The van der Waals surface area contributed by atoms with E-state index in [4.69, 9.17) is 0 Å². The van der Waals surface area contributed by atoms with E-state index in [2.05, 4.69) is 26.9 Å². The molecule has 7 heteroatoms. The first-order valence-electron chi connectivity index (χ1n) is 8.66. The van der Waals surface area contributed by atoms with E-state index in [0.717, 1.165) is 62.3 Å². The van der Waals surface area contributed by atoms with Gasteiger partial charge in [-0.25, -0.2) is 4.98 Å². The summed E-state index contributed by atoms with van der Waals surface area (Å²) in [5, 5.41) is 5.39. The van der Waals surface area contributed by atoms with Gasteiger partial charge in [-0.05, 0) is 32.5 Å². The maximum atomic E-state index is 12.7. The number of carbonyl (C=O) groups excluding carboxylic acids is 1. The topological polar surface area (TPSA) is 57.5 Å². The molecular formula is C17H24N6O. The van der Waals surface area contributed by atoms with Crippen LogP contribution in [-0.4, -0.2) is 76.3 Å². The Morgan fingerprint density at radius 2 is 1.96 bits per heavy atom. The van der Waals surface area contributed by atoms with E-state index in [1.54, 1.807) is 4.68 Å². The van der Waals surface area contributed by atoms with Crippen LogP contribution in [0, 0.1) is 0 Å². The molecule has 2 aromatic rings. The summed E-state index contributed by atoms with van der Waals surface area (Å²) in [5.41, 5.74) is 2.07. The summed E-state index contributed by atoms with van der Waals surface area (Å²) in [4.78, 5) is 23.7. The number of likely N-dealkylation sites (tertiary alicyclic amines) is 1. The molecular weight excluding hydrogens is 304 g/mol. The number of anilines is 1. The lowest BCUT2D eigenvalue weighted by Crippen LogP contribution is -2.53. The lowest BCUT2D eigenvalue weighted by atomic mass is 10.1. The molecule has 2 aliphatic rings. The minimum Gasteiger partial charge on any atom is -0.367 e. The van der Waals surface area contributed by atoms with Crippen molar-refractivity contribution in [3.8, 4) is 0 Å². The van der Waals surface area contributed by atoms with Crippen molar-refractivity contribution >= 4 is 22.6 Å². The van der Waals surface area contributed by atoms with Crippen molar-refractivity contribution in [3.63, 3.8) is 0 Å². The van der Waals surface area contributed by atoms with Gasteiger partial charge in [0.05, 0.1) is 23.3 Å². The molecule has 4 rings (SSSR count). The average molecular weight is 328 g/mol. The van der Waals surface area contributed by atoms with Gasteiger partial charge in [0, 0.05) is 39.4 Å². The number of piperazine rings is 1. The monoisotopic (exact) mass is 328 g/mol. The predicted molar refractivity (Wildman–Crippen MR) is 93.0 cm³/mol. The van der Waals surface area contributed by atoms with E-state index in [9.17, 15) is 4.79 Å². The molecule has 0 spiro atoms. The summed E-state index contributed by atoms with van der Waals surface area (Å²) < 4.78 is 1.80. The Hall–Kier alpha value is -2.15. The highest BCUT2D eigenvalue weighted by Crippen LogP contribution is 2.26. The summed E-state index contributed by atoms with van der Waals surface area (Å²) in [6.07, 6.45) is 5.84. The molecule has 2 saturated heterocycles. The fourth-order valence-corrected chi connectivity index (χ4v) is 3.91. The number of hydrogen-bond acceptors (Lipinski definition) is 5. The molecule has 1 atom stereocenters. The molecule has 2 fully saturated rings. The normalized spacial score (nSPS) is 22.5. The number of amides is 1. The molecule has 1 amide bonds. The number of nitrogens with zero attached hydrogens (tertiary/aromatic N) is 6. The number of rotatable bonds is 2. The van der Waals surface area contributed by atoms with Gasteiger partial charge in [-0.1, -0.05) is 0 Å². The Labute approximate surface area is 141 Å². The second-order valence-corrected chi connectivity index (χ2v) is 6.79. The van der Waals surface area contributed by atoms with Gasteiger partial charge in [-0.2, -0.15) is 5.10 Å². The molecule has 0 saturated carbocycles. The number of carbonyl (C=O) groups is 1. The van der Waals surface area contributed by atoms with E-state index in [1.807, 2.05) is 30.4 Å². The first-order chi connectivity index (χ1) is 11.6. The molecule has 24 heavy (non-hydrogen) atoms. The molecule has 0 aliphatic carbocycles. The first kappa shape index (κ1) is 15.4. The van der Waals surface area contributed by atoms with E-state index in [1.165, 1.54) is 0 Å². The Bertz CT molecular complexity index is 749. The van der Waals surface area contributed by atoms with E-state index in [0.29, 0.717) is 5.91 Å². The van der Waals surface area contributed by atoms with Gasteiger partial charge in [0.25, 0.3) is 0 Å². The van der Waals surface area contributed by atoms with Crippen LogP contribution in [-0.2, 0) is 11.8 Å². The summed E-state index contributed by atoms with van der Waals surface area (Å²) in [6, 6.07) is 2.13. The van der Waals surface area contributed by atoms with Gasteiger partial charge >= 0.3 is 0 Å². The zero-order chi connectivity index (χ0) is 16.7. The third kappa shape index (κ3) is 2.53. The summed E-state index contributed by atoms with van der Waals surface area (Å²) in [6.45, 7) is 4.32. The van der Waals surface area contributed by atoms with Gasteiger partial charge in [0.2, 0.25) is 5.91 Å². The minimum absolute atomic E-state index is 0.0857. The quantitative estimate of drug-likeness (QED) is 0.813. The molecule has 1 unspecified atom stereocenters. The largest absolute Gasteiger partial charge is 0.367 e. The molecule has 0 radical (unpaired) electrons. The van der Waals surface area contributed by atoms with Gasteiger partial charge in [0.15, 0.2) is 5.65 Å².